The molecule has 24 nitrogen and oxygen atoms in total. The molecule has 0 aromatic heterocycles. The summed E-state index contributed by atoms with van der Waals surface area (Å²) in [6.07, 6.45) is -33.5. The summed E-state index contributed by atoms with van der Waals surface area (Å²) in [4.78, 5) is 45.5. The lowest BCUT2D eigenvalue weighted by Crippen LogP contribution is -2.50. The number of carbonyl (C=O) groups excluding carboxylic acids is 4. The molecule has 0 saturated carbocycles. The lowest BCUT2D eigenvalue weighted by Gasteiger charge is -2.31. The summed E-state index contributed by atoms with van der Waals surface area (Å²) in [5, 5.41) is 155. The molecule has 0 aliphatic carbocycles. The first-order valence-electron chi connectivity index (χ1n) is 19.8. The average Bonchev–Trinajstić information content (AvgIpc) is 3.28. The van der Waals surface area contributed by atoms with Crippen LogP contribution in [0.2, 0.25) is 0 Å². The average molecular weight is 925 g/mol. The van der Waals surface area contributed by atoms with Crippen molar-refractivity contribution in [2.45, 2.75) is 124 Å². The minimum absolute atomic E-state index is 0.0203. The van der Waals surface area contributed by atoms with Crippen molar-refractivity contribution in [3.05, 3.63) is 29.3 Å². The minimum Gasteiger partial charge on any atom is -0.506 e. The third-order valence-corrected chi connectivity index (χ3v) is 10.2. The lowest BCUT2D eigenvalue weighted by atomic mass is 9.97. The summed E-state index contributed by atoms with van der Waals surface area (Å²) in [7, 11) is 1.36. The van der Waals surface area contributed by atoms with Gasteiger partial charge in [-0.2, -0.15) is 0 Å². The Morgan fingerprint density at radius 3 is 1.67 bits per heavy atom. The molecule has 16 atom stereocenters. The van der Waals surface area contributed by atoms with Crippen molar-refractivity contribution in [2.75, 3.05) is 40.1 Å². The van der Waals surface area contributed by atoms with Crippen LogP contribution in [0.25, 0.3) is 10.8 Å². The van der Waals surface area contributed by atoms with E-state index in [-0.39, 0.29) is 41.3 Å². The maximum absolute atomic E-state index is 12.2. The second kappa shape index (κ2) is 26.9. The number of hydrogen-bond donors (Lipinski definition) is 15. The van der Waals surface area contributed by atoms with Gasteiger partial charge in [0.1, 0.15) is 109 Å². The molecule has 24 heteroatoms. The molecule has 0 heterocycles. The van der Waals surface area contributed by atoms with Crippen molar-refractivity contribution >= 4 is 35.4 Å². The molecular weight excluding hydrogens is 864 g/mol. The molecule has 0 radical (unpaired) electrons. The number of Topliss-reactive ketones (excluding diaryl/α,β-unsaturated/α-hetero) is 1. The van der Waals surface area contributed by atoms with Crippen molar-refractivity contribution in [3.8, 4) is 17.2 Å². The van der Waals surface area contributed by atoms with Gasteiger partial charge in [0.2, 0.25) is 0 Å². The molecule has 0 spiro atoms. The van der Waals surface area contributed by atoms with E-state index < -0.39 is 155 Å². The number of methoxy groups -OCH3 is 1. The summed E-state index contributed by atoms with van der Waals surface area (Å²) in [6, 6.07) is 4.52. The number of carbonyl (C=O) groups is 4. The molecule has 64 heavy (non-hydrogen) atoms. The number of hydrogen-bond acceptors (Lipinski definition) is 24. The number of ketones is 1. The standard InChI is InChI=1S/C40H60O24/c1-17-8-19-9-20(60-3)10-28(31(19)40(59)30(17)18(2)44)63-15-25(49)37(56)35(54)24(48)14-61-6-5-27(62-7-4-21(45)32(51)33(52)22(46)11-41)38(57)39(58)29(13-43)64-16-26(50)36(55)34(53)23(47)12-42/h8-13,21-27,29,32-39,45-59H,4-7,14-16H2,1-3H3/t21-,22+,23+,24+,25-,26-,27-,29+,32-,33-,34-,35-,36+,37-,38-,39-/m1/s1. The number of aldehydes is 3. The summed E-state index contributed by atoms with van der Waals surface area (Å²) < 4.78 is 26.9. The van der Waals surface area contributed by atoms with Crippen molar-refractivity contribution in [1.82, 2.24) is 0 Å². The van der Waals surface area contributed by atoms with Gasteiger partial charge in [-0.25, -0.2) is 0 Å². The predicted octanol–water partition coefficient (Wildman–Crippen LogP) is -6.34. The predicted molar refractivity (Wildman–Crippen MR) is 214 cm³/mol. The molecule has 0 unspecified atom stereocenters. The monoisotopic (exact) mass is 924 g/mol. The van der Waals surface area contributed by atoms with E-state index in [0.717, 1.165) is 0 Å². The molecule has 2 aromatic rings. The molecule has 2 rings (SSSR count). The fourth-order valence-electron chi connectivity index (χ4n) is 6.33. The fourth-order valence-corrected chi connectivity index (χ4v) is 6.33. The van der Waals surface area contributed by atoms with Crippen molar-refractivity contribution in [3.63, 3.8) is 0 Å². The minimum atomic E-state index is -2.19. The highest BCUT2D eigenvalue weighted by Crippen LogP contribution is 2.41. The van der Waals surface area contributed by atoms with Crippen LogP contribution in [-0.4, -0.2) is 239 Å². The van der Waals surface area contributed by atoms with Crippen LogP contribution >= 0.6 is 0 Å². The van der Waals surface area contributed by atoms with Crippen molar-refractivity contribution in [2.24, 2.45) is 0 Å². The number of aromatic hydroxyl groups is 1. The van der Waals surface area contributed by atoms with E-state index in [1.807, 2.05) is 0 Å². The van der Waals surface area contributed by atoms with Gasteiger partial charge < -0.3 is 115 Å². The zero-order chi connectivity index (χ0) is 48.6. The molecule has 15 N–H and O–H groups in total. The molecule has 0 amide bonds. The van der Waals surface area contributed by atoms with Crippen LogP contribution < -0.4 is 9.47 Å². The van der Waals surface area contributed by atoms with Crippen molar-refractivity contribution in [1.29, 1.82) is 0 Å². The zero-order valence-corrected chi connectivity index (χ0v) is 35.0. The van der Waals surface area contributed by atoms with Gasteiger partial charge in [0, 0.05) is 19.3 Å². The quantitative estimate of drug-likeness (QED) is 0.0184. The molecular formula is C40H60O24. The maximum atomic E-state index is 12.2. The Morgan fingerprint density at radius 1 is 0.609 bits per heavy atom. The summed E-state index contributed by atoms with van der Waals surface area (Å²) in [5.41, 5.74) is 0.488. The Bertz CT molecular complexity index is 1760. The van der Waals surface area contributed by atoms with Crippen LogP contribution in [0.4, 0.5) is 0 Å². The van der Waals surface area contributed by atoms with Crippen LogP contribution in [0.5, 0.6) is 17.2 Å². The number of aryl methyl sites for hydroxylation is 1. The van der Waals surface area contributed by atoms with E-state index in [9.17, 15) is 95.8 Å². The van der Waals surface area contributed by atoms with Crippen LogP contribution in [0.3, 0.4) is 0 Å². The number of aliphatic hydroxyl groups excluding tert-OH is 14. The first kappa shape index (κ1) is 56.2. The molecule has 2 aromatic carbocycles. The van der Waals surface area contributed by atoms with Crippen LogP contribution in [0, 0.1) is 6.92 Å². The Kier molecular flexibility index (Phi) is 23.6. The summed E-state index contributed by atoms with van der Waals surface area (Å²) in [6.45, 7) is -0.656. The highest BCUT2D eigenvalue weighted by Gasteiger charge is 2.37. The van der Waals surface area contributed by atoms with E-state index in [0.29, 0.717) is 10.9 Å². The fraction of sp³-hybridized carbons (Fsp3) is 0.650. The number of phenols is 1. The van der Waals surface area contributed by atoms with Crippen molar-refractivity contribution < 1.29 is 119 Å². The maximum Gasteiger partial charge on any atom is 0.163 e. The first-order chi connectivity index (χ1) is 30.1. The zero-order valence-electron chi connectivity index (χ0n) is 35.0. The molecule has 0 aliphatic heterocycles. The molecule has 0 saturated heterocycles. The number of aliphatic hydroxyl groups is 14. The van der Waals surface area contributed by atoms with Gasteiger partial charge in [0.15, 0.2) is 24.6 Å². The Morgan fingerprint density at radius 2 is 1.14 bits per heavy atom. The van der Waals surface area contributed by atoms with Gasteiger partial charge in [-0.15, -0.1) is 0 Å². The van der Waals surface area contributed by atoms with E-state index >= 15 is 0 Å². The highest BCUT2D eigenvalue weighted by atomic mass is 16.5. The molecule has 364 valence electrons. The smallest absolute Gasteiger partial charge is 0.163 e. The van der Waals surface area contributed by atoms with E-state index in [2.05, 4.69) is 0 Å². The van der Waals surface area contributed by atoms with Crippen LogP contribution in [-0.2, 0) is 28.6 Å². The van der Waals surface area contributed by atoms with Crippen LogP contribution in [0.1, 0.15) is 35.7 Å². The van der Waals surface area contributed by atoms with Crippen LogP contribution in [0.15, 0.2) is 18.2 Å². The summed E-state index contributed by atoms with van der Waals surface area (Å²) in [5.74, 6) is -0.621. The van der Waals surface area contributed by atoms with Gasteiger partial charge in [0.05, 0.1) is 43.5 Å². The normalized spacial score (nSPS) is 19.6. The highest BCUT2D eigenvalue weighted by molar-refractivity contribution is 6.07. The topological polar surface area (TPSA) is 418 Å². The third kappa shape index (κ3) is 15.3. The SMILES string of the molecule is COc1cc(OC[C@@H](O)[C@@H](O)[C@H](O)[C@@H](O)COCC[C@@H](OCC[C@@H](O)[C@@H](O)[C@H](O)[C@@H](O)C=O)[C@@H](O)[C@H](O)[C@H](C=O)OC[C@@H](O)[C@H](O)[C@H](O)[C@@H](O)C=O)c2c(O)c(C(C)=O)c(C)cc2c1. The number of rotatable bonds is 32. The molecule has 0 fully saturated rings. The third-order valence-electron chi connectivity index (χ3n) is 10.2. The van der Waals surface area contributed by atoms with E-state index in [1.165, 1.54) is 20.1 Å². The number of ether oxygens (including phenoxy) is 5. The lowest BCUT2D eigenvalue weighted by molar-refractivity contribution is -0.168. The molecule has 0 bridgehead atoms. The van der Waals surface area contributed by atoms with E-state index in [4.69, 9.17) is 23.7 Å². The van der Waals surface area contributed by atoms with Gasteiger partial charge in [0.25, 0.3) is 0 Å². The van der Waals surface area contributed by atoms with E-state index in [1.54, 1.807) is 19.1 Å². The Balaban J connectivity index is 2.12. The second-order valence-corrected chi connectivity index (χ2v) is 15.0. The Labute approximate surface area is 365 Å². The van der Waals surface area contributed by atoms with Gasteiger partial charge in [-0.05, 0) is 43.7 Å². The molecule has 0 aliphatic rings. The van der Waals surface area contributed by atoms with Gasteiger partial charge >= 0.3 is 0 Å². The largest absolute Gasteiger partial charge is 0.506 e. The first-order valence-corrected chi connectivity index (χ1v) is 19.8. The number of fused-ring (bicyclic) bond motifs is 1. The Hall–Kier alpha value is -3.90. The number of phenolic OH excluding ortho intramolecular Hbond substituents is 1. The van der Waals surface area contributed by atoms with Gasteiger partial charge in [-0.3, -0.25) is 4.79 Å². The van der Waals surface area contributed by atoms with Gasteiger partial charge in [-0.1, -0.05) is 6.07 Å². The second-order valence-electron chi connectivity index (χ2n) is 15.0. The summed E-state index contributed by atoms with van der Waals surface area (Å²) >= 11 is 0. The number of benzene rings is 2.